The number of carbonyl (C=O) groups is 3. The molecular formula is C24H24ClN3O4S. The number of anilines is 1. The fourth-order valence-corrected chi connectivity index (χ4v) is 4.87. The van der Waals surface area contributed by atoms with Gasteiger partial charge in [0.2, 0.25) is 0 Å². The van der Waals surface area contributed by atoms with Crippen molar-refractivity contribution in [1.82, 2.24) is 10.2 Å². The Morgan fingerprint density at radius 2 is 2.03 bits per heavy atom. The van der Waals surface area contributed by atoms with Gasteiger partial charge in [-0.25, -0.2) is 4.79 Å². The van der Waals surface area contributed by atoms with Crippen LogP contribution >= 0.6 is 23.4 Å². The fourth-order valence-electron chi connectivity index (χ4n) is 3.74. The van der Waals surface area contributed by atoms with Gasteiger partial charge in [0.05, 0.1) is 17.2 Å². The smallest absolute Gasteiger partial charge is 0.409 e. The molecule has 2 aromatic rings. The van der Waals surface area contributed by atoms with Gasteiger partial charge < -0.3 is 20.3 Å². The zero-order valence-corrected chi connectivity index (χ0v) is 19.7. The van der Waals surface area contributed by atoms with E-state index in [4.69, 9.17) is 16.3 Å². The normalized spacial score (nSPS) is 17.3. The molecule has 4 rings (SSSR count). The van der Waals surface area contributed by atoms with E-state index >= 15 is 0 Å². The third-order valence-corrected chi connectivity index (χ3v) is 6.77. The summed E-state index contributed by atoms with van der Waals surface area (Å²) in [6, 6.07) is 12.6. The number of benzene rings is 2. The number of thioether (sulfide) groups is 1. The summed E-state index contributed by atoms with van der Waals surface area (Å²) in [7, 11) is 0. The number of rotatable bonds is 4. The van der Waals surface area contributed by atoms with Gasteiger partial charge in [0, 0.05) is 34.6 Å². The molecule has 0 spiro atoms. The molecule has 0 aliphatic carbocycles. The molecule has 0 atom stereocenters. The molecule has 0 saturated carbocycles. The predicted octanol–water partition coefficient (Wildman–Crippen LogP) is 4.78. The van der Waals surface area contributed by atoms with E-state index in [1.807, 2.05) is 18.2 Å². The third-order valence-electron chi connectivity index (χ3n) is 5.44. The molecule has 3 amide bonds. The average molecular weight is 486 g/mol. The minimum absolute atomic E-state index is 0.0181. The summed E-state index contributed by atoms with van der Waals surface area (Å²) in [5, 5.41) is 6.51. The maximum Gasteiger partial charge on any atom is 0.409 e. The van der Waals surface area contributed by atoms with Gasteiger partial charge in [0.15, 0.2) is 0 Å². The highest BCUT2D eigenvalue weighted by Gasteiger charge is 2.26. The molecule has 0 bridgehead atoms. The number of nitrogens with zero attached hydrogens (tertiary/aromatic N) is 1. The number of ether oxygens (including phenoxy) is 1. The second-order valence-electron chi connectivity index (χ2n) is 7.76. The number of hydrogen-bond acceptors (Lipinski definition) is 5. The maximum atomic E-state index is 12.8. The molecule has 2 aromatic carbocycles. The molecule has 0 unspecified atom stereocenters. The zero-order valence-electron chi connectivity index (χ0n) is 18.1. The van der Waals surface area contributed by atoms with Crippen LogP contribution in [0.3, 0.4) is 0 Å². The average Bonchev–Trinajstić information content (AvgIpc) is 2.80. The molecule has 9 heteroatoms. The first-order valence-electron chi connectivity index (χ1n) is 10.8. The first-order chi connectivity index (χ1) is 15.9. The minimum Gasteiger partial charge on any atom is -0.450 e. The number of halogens is 1. The van der Waals surface area contributed by atoms with Gasteiger partial charge in [0.25, 0.3) is 11.8 Å². The summed E-state index contributed by atoms with van der Waals surface area (Å²) in [6.07, 6.45) is 2.81. The van der Waals surface area contributed by atoms with Crippen molar-refractivity contribution >= 4 is 53.0 Å². The van der Waals surface area contributed by atoms with Gasteiger partial charge in [0.1, 0.15) is 0 Å². The quantitative estimate of drug-likeness (QED) is 0.609. The van der Waals surface area contributed by atoms with Crippen LogP contribution in [0.1, 0.15) is 35.7 Å². The molecule has 33 heavy (non-hydrogen) atoms. The van der Waals surface area contributed by atoms with Crippen molar-refractivity contribution in [2.75, 3.05) is 25.0 Å². The van der Waals surface area contributed by atoms with Crippen LogP contribution in [-0.2, 0) is 9.53 Å². The lowest BCUT2D eigenvalue weighted by molar-refractivity contribution is -0.112. The molecule has 2 N–H and O–H groups in total. The SMILES string of the molecule is CCOC(=O)N1CCC(NC(=O)c2ccc3c(c2)NC(=O)/C(=C\c2cccc(Cl)c2)S3)CC1. The van der Waals surface area contributed by atoms with E-state index in [0.717, 1.165) is 10.5 Å². The number of carbonyl (C=O) groups excluding carboxylic acids is 3. The molecule has 1 saturated heterocycles. The van der Waals surface area contributed by atoms with E-state index in [1.165, 1.54) is 11.8 Å². The summed E-state index contributed by atoms with van der Waals surface area (Å²) in [4.78, 5) is 40.3. The van der Waals surface area contributed by atoms with Crippen molar-refractivity contribution in [1.29, 1.82) is 0 Å². The standard InChI is InChI=1S/C24H24ClN3O4S/c1-2-32-24(31)28-10-8-18(9-11-28)26-22(29)16-6-7-20-19(14-16)27-23(30)21(33-20)13-15-4-3-5-17(25)12-15/h3-7,12-14,18H,2,8-11H2,1H3,(H,26,29)(H,27,30)/b21-13+. The number of amides is 3. The second-order valence-corrected chi connectivity index (χ2v) is 9.28. The lowest BCUT2D eigenvalue weighted by Crippen LogP contribution is -2.46. The molecule has 2 heterocycles. The number of nitrogens with one attached hydrogen (secondary N) is 2. The predicted molar refractivity (Wildman–Crippen MR) is 129 cm³/mol. The number of likely N-dealkylation sites (tertiary alicyclic amines) is 1. The Kier molecular flexibility index (Phi) is 7.25. The van der Waals surface area contributed by atoms with Gasteiger partial charge in [-0.15, -0.1) is 0 Å². The molecule has 1 fully saturated rings. The highest BCUT2D eigenvalue weighted by Crippen LogP contribution is 2.39. The number of fused-ring (bicyclic) bond motifs is 1. The number of hydrogen-bond donors (Lipinski definition) is 2. The first kappa shape index (κ1) is 23.2. The van der Waals surface area contributed by atoms with Crippen LogP contribution in [0, 0.1) is 0 Å². The van der Waals surface area contributed by atoms with Crippen LogP contribution in [0.25, 0.3) is 6.08 Å². The van der Waals surface area contributed by atoms with Crippen molar-refractivity contribution in [2.45, 2.75) is 30.7 Å². The molecule has 7 nitrogen and oxygen atoms in total. The summed E-state index contributed by atoms with van der Waals surface area (Å²) in [5.74, 6) is -0.428. The van der Waals surface area contributed by atoms with Crippen molar-refractivity contribution < 1.29 is 19.1 Å². The van der Waals surface area contributed by atoms with Crippen LogP contribution in [0.5, 0.6) is 0 Å². The lowest BCUT2D eigenvalue weighted by Gasteiger charge is -2.31. The topological polar surface area (TPSA) is 87.7 Å². The van der Waals surface area contributed by atoms with Crippen molar-refractivity contribution in [3.05, 3.63) is 63.5 Å². The Morgan fingerprint density at radius 1 is 1.24 bits per heavy atom. The Labute approximate surface area is 201 Å². The van der Waals surface area contributed by atoms with E-state index in [2.05, 4.69) is 10.6 Å². The molecular weight excluding hydrogens is 462 g/mol. The van der Waals surface area contributed by atoms with E-state index in [9.17, 15) is 14.4 Å². The van der Waals surface area contributed by atoms with E-state index < -0.39 is 0 Å². The van der Waals surface area contributed by atoms with Crippen LogP contribution in [-0.4, -0.2) is 48.5 Å². The molecule has 172 valence electrons. The van der Waals surface area contributed by atoms with Crippen molar-refractivity contribution in [3.63, 3.8) is 0 Å². The molecule has 2 aliphatic heterocycles. The highest BCUT2D eigenvalue weighted by molar-refractivity contribution is 8.04. The van der Waals surface area contributed by atoms with Gasteiger partial charge >= 0.3 is 6.09 Å². The summed E-state index contributed by atoms with van der Waals surface area (Å²) in [5.41, 5.74) is 1.93. The number of piperidine rings is 1. The zero-order chi connectivity index (χ0) is 23.4. The highest BCUT2D eigenvalue weighted by atomic mass is 35.5. The van der Waals surface area contributed by atoms with E-state index in [0.29, 0.717) is 53.7 Å². The Balaban J connectivity index is 1.39. The monoisotopic (exact) mass is 485 g/mol. The Morgan fingerprint density at radius 3 is 2.76 bits per heavy atom. The first-order valence-corrected chi connectivity index (χ1v) is 12.0. The van der Waals surface area contributed by atoms with Crippen LogP contribution < -0.4 is 10.6 Å². The summed E-state index contributed by atoms with van der Waals surface area (Å²) >= 11 is 7.39. The second kappa shape index (κ2) is 10.3. The van der Waals surface area contributed by atoms with Crippen LogP contribution in [0.4, 0.5) is 10.5 Å². The van der Waals surface area contributed by atoms with E-state index in [-0.39, 0.29) is 23.9 Å². The fraction of sp³-hybridized carbons (Fsp3) is 0.292. The Hall–Kier alpha value is -2.97. The molecule has 2 aliphatic rings. The van der Waals surface area contributed by atoms with Crippen LogP contribution in [0.15, 0.2) is 52.3 Å². The lowest BCUT2D eigenvalue weighted by atomic mass is 10.0. The molecule has 0 radical (unpaired) electrons. The largest absolute Gasteiger partial charge is 0.450 e. The van der Waals surface area contributed by atoms with E-state index in [1.54, 1.807) is 42.2 Å². The van der Waals surface area contributed by atoms with Gasteiger partial charge in [-0.3, -0.25) is 9.59 Å². The molecule has 0 aromatic heterocycles. The Bertz CT molecular complexity index is 1110. The minimum atomic E-state index is -0.311. The maximum absolute atomic E-state index is 12.8. The van der Waals surface area contributed by atoms with Crippen molar-refractivity contribution in [3.8, 4) is 0 Å². The third kappa shape index (κ3) is 5.69. The van der Waals surface area contributed by atoms with Gasteiger partial charge in [-0.1, -0.05) is 35.5 Å². The summed E-state index contributed by atoms with van der Waals surface area (Å²) in [6.45, 7) is 3.21. The summed E-state index contributed by atoms with van der Waals surface area (Å²) < 4.78 is 5.03. The van der Waals surface area contributed by atoms with Crippen LogP contribution in [0.2, 0.25) is 5.02 Å². The van der Waals surface area contributed by atoms with Crippen molar-refractivity contribution in [2.24, 2.45) is 0 Å². The van der Waals surface area contributed by atoms with Gasteiger partial charge in [-0.05, 0) is 61.7 Å². The van der Waals surface area contributed by atoms with Gasteiger partial charge in [-0.2, -0.15) is 0 Å².